The largest absolute Gasteiger partial charge is 0.493 e. The molecule has 0 unspecified atom stereocenters. The highest BCUT2D eigenvalue weighted by molar-refractivity contribution is 7.92. The Kier molecular flexibility index (Phi) is 9.19. The second-order valence-electron chi connectivity index (χ2n) is 14.5. The summed E-state index contributed by atoms with van der Waals surface area (Å²) in [5.41, 5.74) is 6.44. The summed E-state index contributed by atoms with van der Waals surface area (Å²) in [6.07, 6.45) is 2.53. The maximum Gasteiger partial charge on any atom is 0.277 e. The first kappa shape index (κ1) is 36.5. The Labute approximate surface area is 331 Å². The van der Waals surface area contributed by atoms with Crippen LogP contribution in [0, 0.1) is 0 Å². The monoisotopic (exact) mass is 795 g/mol. The highest BCUT2D eigenvalue weighted by Crippen LogP contribution is 2.55. The Bertz CT molecular complexity index is 2460. The van der Waals surface area contributed by atoms with Crippen molar-refractivity contribution in [2.24, 2.45) is 0 Å². The summed E-state index contributed by atoms with van der Waals surface area (Å²) in [6.45, 7) is 1.27. The van der Waals surface area contributed by atoms with Crippen LogP contribution in [0.2, 0.25) is 5.02 Å². The molecule has 0 saturated carbocycles. The van der Waals surface area contributed by atoms with Crippen LogP contribution in [0.3, 0.4) is 0 Å². The summed E-state index contributed by atoms with van der Waals surface area (Å²) in [4.78, 5) is 2.47. The molecule has 5 aromatic rings. The summed E-state index contributed by atoms with van der Waals surface area (Å²) in [5.74, 6) is 3.95. The lowest BCUT2D eigenvalue weighted by atomic mass is 9.86. The summed E-state index contributed by atoms with van der Waals surface area (Å²) < 4.78 is 68.8. The summed E-state index contributed by atoms with van der Waals surface area (Å²) in [7, 11) is 4.33. The molecule has 0 saturated heterocycles. The molecule has 290 valence electrons. The van der Waals surface area contributed by atoms with Crippen LogP contribution in [0.4, 0.5) is 5.69 Å². The van der Waals surface area contributed by atoms with E-state index in [4.69, 9.17) is 40.0 Å². The summed E-state index contributed by atoms with van der Waals surface area (Å²) >= 11 is 6.24. The van der Waals surface area contributed by atoms with Crippen LogP contribution in [0.1, 0.15) is 45.5 Å². The van der Waals surface area contributed by atoms with Crippen molar-refractivity contribution in [1.29, 1.82) is 0 Å². The number of sulfonamides is 1. The maximum absolute atomic E-state index is 15.0. The first-order chi connectivity index (χ1) is 27.1. The van der Waals surface area contributed by atoms with Gasteiger partial charge in [0.15, 0.2) is 34.5 Å². The minimum absolute atomic E-state index is 0.0643. The number of methoxy groups -OCH3 is 4. The number of benzene rings is 5. The van der Waals surface area contributed by atoms with Crippen LogP contribution < -0.4 is 32.8 Å². The van der Waals surface area contributed by atoms with Crippen molar-refractivity contribution in [2.45, 2.75) is 42.7 Å². The van der Waals surface area contributed by atoms with E-state index in [1.165, 1.54) is 22.1 Å². The lowest BCUT2D eigenvalue weighted by Gasteiger charge is -2.48. The van der Waals surface area contributed by atoms with Crippen LogP contribution in [0.25, 0.3) is 0 Å². The van der Waals surface area contributed by atoms with Gasteiger partial charge in [-0.05, 0) is 121 Å². The number of halogens is 1. The van der Waals surface area contributed by atoms with Crippen molar-refractivity contribution in [3.05, 3.63) is 117 Å². The zero-order chi connectivity index (χ0) is 38.9. The van der Waals surface area contributed by atoms with E-state index in [2.05, 4.69) is 36.2 Å². The van der Waals surface area contributed by atoms with Crippen molar-refractivity contribution < 1.29 is 36.8 Å². The number of rotatable bonds is 6. The first-order valence-electron chi connectivity index (χ1n) is 18.5. The van der Waals surface area contributed by atoms with Crippen LogP contribution in [-0.4, -0.2) is 66.9 Å². The predicted molar refractivity (Wildman–Crippen MR) is 213 cm³/mol. The van der Waals surface area contributed by atoms with Gasteiger partial charge in [-0.1, -0.05) is 23.7 Å². The Hall–Kier alpha value is -5.14. The van der Waals surface area contributed by atoms with E-state index in [0.29, 0.717) is 76.1 Å². The molecule has 5 aliphatic rings. The Balaban J connectivity index is 1.32. The minimum Gasteiger partial charge on any atom is -0.493 e. The molecule has 0 amide bonds. The second-order valence-corrected chi connectivity index (χ2v) is 16.7. The summed E-state index contributed by atoms with van der Waals surface area (Å²) in [5, 5.41) is 2.33. The molecule has 5 aliphatic heterocycles. The number of likely N-dealkylation sites (N-methyl/N-ethyl adjacent to an activating group) is 1. The average molecular weight is 796 g/mol. The third kappa shape index (κ3) is 5.98. The van der Waals surface area contributed by atoms with Crippen LogP contribution in [-0.2, 0) is 35.7 Å². The van der Waals surface area contributed by atoms with Crippen LogP contribution in [0.15, 0.2) is 83.8 Å². The number of anilines is 1. The number of ether oxygens (including phenoxy) is 6. The third-order valence-electron chi connectivity index (χ3n) is 11.5. The molecule has 10 rings (SSSR count). The van der Waals surface area contributed by atoms with Gasteiger partial charge in [-0.3, -0.25) is 4.90 Å². The fourth-order valence-electron chi connectivity index (χ4n) is 8.65. The molecule has 7 bridgehead atoms. The molecule has 0 fully saturated rings. The zero-order valence-corrected chi connectivity index (χ0v) is 33.4. The Morgan fingerprint density at radius 1 is 0.696 bits per heavy atom. The standard InChI is InChI=1S/C43H42ClN3O8S/c1-45-16-14-26-20-36(50-2)39-23-32(26)34(45)18-25-6-10-30(11-7-25)54-38-22-28-19-35-41-27(21-40(52-4)42(53-5)43(41)55-39)15-17-46(35)47(33(28)24-37(38)51-3)56(48,49)31-12-8-29(44)9-13-31/h6-13,20-24,34-35H,14-19H2,1-5H3/t34-,35-/m0/s1. The fraction of sp³-hybridized carbons (Fsp3) is 0.302. The van der Waals surface area contributed by atoms with Gasteiger partial charge >= 0.3 is 0 Å². The lowest BCUT2D eigenvalue weighted by molar-refractivity contribution is 0.178. The first-order valence-corrected chi connectivity index (χ1v) is 20.4. The highest BCUT2D eigenvalue weighted by Gasteiger charge is 2.46. The summed E-state index contributed by atoms with van der Waals surface area (Å²) in [6, 6.07) is 23.6. The number of nitrogens with zero attached hydrogens (tertiary/aromatic N) is 3. The highest BCUT2D eigenvalue weighted by atomic mass is 35.5. The van der Waals surface area contributed by atoms with E-state index in [1.54, 1.807) is 46.6 Å². The lowest BCUT2D eigenvalue weighted by Crippen LogP contribution is -2.54. The SMILES string of the molecule is COc1cc2c3cc1Oc1ccc(cc1)C[C@H]1c4cc(c(OC)cc4CCN1C)Oc1c(OC)c(OC)cc4c1[C@H](C3)N(CC4)N2S(=O)(=O)c1ccc(Cl)cc1. The molecule has 0 spiro atoms. The molecule has 5 heterocycles. The Morgan fingerprint density at radius 3 is 2.09 bits per heavy atom. The van der Waals surface area contributed by atoms with Gasteiger partial charge in [0.1, 0.15) is 5.75 Å². The van der Waals surface area contributed by atoms with Gasteiger partial charge in [-0.15, -0.1) is 0 Å². The molecular weight excluding hydrogens is 754 g/mol. The molecule has 0 radical (unpaired) electrons. The van der Waals surface area contributed by atoms with Gasteiger partial charge in [-0.25, -0.2) is 0 Å². The van der Waals surface area contributed by atoms with Gasteiger partial charge in [0.25, 0.3) is 10.0 Å². The molecule has 0 aliphatic carbocycles. The van der Waals surface area contributed by atoms with E-state index < -0.39 is 16.1 Å². The molecule has 5 aromatic carbocycles. The number of hydrogen-bond acceptors (Lipinski definition) is 10. The fourth-order valence-corrected chi connectivity index (χ4v) is 10.4. The van der Waals surface area contributed by atoms with Crippen molar-refractivity contribution in [3.63, 3.8) is 0 Å². The third-order valence-corrected chi connectivity index (χ3v) is 13.4. The van der Waals surface area contributed by atoms with Gasteiger partial charge < -0.3 is 28.4 Å². The van der Waals surface area contributed by atoms with E-state index >= 15 is 0 Å². The van der Waals surface area contributed by atoms with Crippen LogP contribution in [0.5, 0.6) is 46.0 Å². The van der Waals surface area contributed by atoms with Crippen LogP contribution >= 0.6 is 11.6 Å². The smallest absolute Gasteiger partial charge is 0.277 e. The van der Waals surface area contributed by atoms with Crippen molar-refractivity contribution in [2.75, 3.05) is 53.0 Å². The van der Waals surface area contributed by atoms with Gasteiger partial charge in [0, 0.05) is 35.8 Å². The molecule has 13 heteroatoms. The molecule has 2 atom stereocenters. The predicted octanol–water partition coefficient (Wildman–Crippen LogP) is 8.31. The molecule has 56 heavy (non-hydrogen) atoms. The quantitative estimate of drug-likeness (QED) is 0.167. The average Bonchev–Trinajstić information content (AvgIpc) is 3.20. The van der Waals surface area contributed by atoms with Gasteiger partial charge in [-0.2, -0.15) is 17.8 Å². The number of fused-ring (bicyclic) bond motifs is 2. The van der Waals surface area contributed by atoms with E-state index in [-0.39, 0.29) is 10.9 Å². The Morgan fingerprint density at radius 2 is 1.38 bits per heavy atom. The van der Waals surface area contributed by atoms with E-state index in [1.807, 2.05) is 29.3 Å². The molecule has 11 nitrogen and oxygen atoms in total. The van der Waals surface area contributed by atoms with E-state index in [0.717, 1.165) is 47.2 Å². The van der Waals surface area contributed by atoms with Crippen molar-refractivity contribution in [3.8, 4) is 46.0 Å². The van der Waals surface area contributed by atoms with Crippen molar-refractivity contribution in [1.82, 2.24) is 9.91 Å². The second kappa shape index (κ2) is 14.1. The number of hydrogen-bond donors (Lipinski definition) is 0. The minimum atomic E-state index is -4.21. The van der Waals surface area contributed by atoms with Crippen molar-refractivity contribution >= 4 is 27.3 Å². The molecular formula is C43H42ClN3O8S. The zero-order valence-electron chi connectivity index (χ0n) is 31.8. The van der Waals surface area contributed by atoms with Gasteiger partial charge in [0.2, 0.25) is 5.75 Å². The van der Waals surface area contributed by atoms with Gasteiger partial charge in [0.05, 0.1) is 45.1 Å². The topological polar surface area (TPSA) is 99.2 Å². The maximum atomic E-state index is 15.0. The number of hydrazine groups is 1. The van der Waals surface area contributed by atoms with E-state index in [9.17, 15) is 8.42 Å². The molecule has 0 N–H and O–H groups in total. The normalized spacial score (nSPS) is 18.7. The molecule has 0 aromatic heterocycles.